The number of benzene rings is 1. The van der Waals surface area contributed by atoms with Crippen LogP contribution in [0.5, 0.6) is 0 Å². The van der Waals surface area contributed by atoms with Crippen LogP contribution in [0.2, 0.25) is 0 Å². The molecule has 1 amide bonds. The number of amides is 1. The number of nitrogens with zero attached hydrogens (tertiary/aromatic N) is 1. The fraction of sp³-hybridized carbons (Fsp3) is 0.353. The number of carboxylic acid groups (broad SMARTS) is 1. The number of allylic oxidation sites excluding steroid dienone is 1. The van der Waals surface area contributed by atoms with Crippen LogP contribution in [0.25, 0.3) is 16.5 Å². The first-order chi connectivity index (χ1) is 10.6. The van der Waals surface area contributed by atoms with Crippen molar-refractivity contribution in [3.8, 4) is 0 Å². The smallest absolute Gasteiger partial charge is 0.407 e. The van der Waals surface area contributed by atoms with Crippen molar-refractivity contribution in [2.45, 2.75) is 32.2 Å². The molecule has 1 unspecified atom stereocenters. The molecule has 2 aromatic rings. The molecular formula is C17H21N3O2. The van der Waals surface area contributed by atoms with Crippen LogP contribution in [0.4, 0.5) is 10.5 Å². The summed E-state index contributed by atoms with van der Waals surface area (Å²) in [6.45, 7) is 2.42. The lowest BCUT2D eigenvalue weighted by molar-refractivity contribution is 0.124. The van der Waals surface area contributed by atoms with Crippen LogP contribution in [-0.4, -0.2) is 33.7 Å². The van der Waals surface area contributed by atoms with Crippen LogP contribution in [0.1, 0.15) is 31.7 Å². The van der Waals surface area contributed by atoms with Crippen molar-refractivity contribution < 1.29 is 9.90 Å². The van der Waals surface area contributed by atoms with E-state index in [-0.39, 0.29) is 6.04 Å². The molecule has 22 heavy (non-hydrogen) atoms. The maximum absolute atomic E-state index is 11.2. The molecule has 1 atom stereocenters. The first kappa shape index (κ1) is 14.5. The number of nitrogens with two attached hydrogens (primary N) is 1. The molecule has 5 nitrogen and oxygen atoms in total. The second kappa shape index (κ2) is 5.75. The van der Waals surface area contributed by atoms with Gasteiger partial charge in [-0.05, 0) is 43.9 Å². The van der Waals surface area contributed by atoms with Crippen molar-refractivity contribution >= 4 is 28.3 Å². The summed E-state index contributed by atoms with van der Waals surface area (Å²) < 4.78 is 0. The van der Waals surface area contributed by atoms with Crippen LogP contribution in [0, 0.1) is 0 Å². The van der Waals surface area contributed by atoms with Crippen LogP contribution >= 0.6 is 0 Å². The average Bonchev–Trinajstić information content (AvgIpc) is 2.91. The number of rotatable bonds is 3. The van der Waals surface area contributed by atoms with E-state index in [4.69, 9.17) is 5.73 Å². The highest BCUT2D eigenvalue weighted by Gasteiger charge is 2.24. The maximum Gasteiger partial charge on any atom is 0.407 e. The number of anilines is 1. The van der Waals surface area contributed by atoms with E-state index in [1.165, 1.54) is 21.4 Å². The van der Waals surface area contributed by atoms with Gasteiger partial charge in [-0.15, -0.1) is 0 Å². The molecule has 0 saturated carbocycles. The van der Waals surface area contributed by atoms with Gasteiger partial charge in [0.2, 0.25) is 0 Å². The van der Waals surface area contributed by atoms with E-state index in [1.807, 2.05) is 31.3 Å². The second-order valence-corrected chi connectivity index (χ2v) is 5.73. The molecule has 116 valence electrons. The Hall–Kier alpha value is -2.43. The SMILES string of the molecule is CCN(C(=O)O)C1CC=C(c2c[nH]c3cc(N)ccc23)CC1. The molecule has 0 aliphatic heterocycles. The van der Waals surface area contributed by atoms with E-state index in [0.717, 1.165) is 30.5 Å². The Balaban J connectivity index is 1.84. The first-order valence-corrected chi connectivity index (χ1v) is 7.65. The fourth-order valence-corrected chi connectivity index (χ4v) is 3.31. The minimum Gasteiger partial charge on any atom is -0.465 e. The van der Waals surface area contributed by atoms with Gasteiger partial charge in [-0.3, -0.25) is 0 Å². The van der Waals surface area contributed by atoms with Crippen molar-refractivity contribution in [3.05, 3.63) is 36.0 Å². The van der Waals surface area contributed by atoms with Crippen molar-refractivity contribution in [1.29, 1.82) is 0 Å². The van der Waals surface area contributed by atoms with Crippen molar-refractivity contribution in [1.82, 2.24) is 9.88 Å². The number of hydrogen-bond donors (Lipinski definition) is 3. The zero-order chi connectivity index (χ0) is 15.7. The van der Waals surface area contributed by atoms with Crippen LogP contribution in [0.3, 0.4) is 0 Å². The van der Waals surface area contributed by atoms with Crippen molar-refractivity contribution in [3.63, 3.8) is 0 Å². The van der Waals surface area contributed by atoms with Gasteiger partial charge in [0.15, 0.2) is 0 Å². The highest BCUT2D eigenvalue weighted by Crippen LogP contribution is 2.33. The summed E-state index contributed by atoms with van der Waals surface area (Å²) >= 11 is 0. The van der Waals surface area contributed by atoms with Gasteiger partial charge < -0.3 is 20.7 Å². The van der Waals surface area contributed by atoms with Gasteiger partial charge in [-0.2, -0.15) is 0 Å². The summed E-state index contributed by atoms with van der Waals surface area (Å²) in [5.41, 5.74) is 10.1. The van der Waals surface area contributed by atoms with E-state index < -0.39 is 6.09 Å². The standard InChI is InChI=1S/C17H21N3O2/c1-2-20(17(21)22)13-6-3-11(4-7-13)15-10-19-16-9-12(18)5-8-14(15)16/h3,5,8-10,13,19H,2,4,6-7,18H2,1H3,(H,21,22). The number of hydrogen-bond acceptors (Lipinski definition) is 2. The Labute approximate surface area is 129 Å². The Morgan fingerprint density at radius 2 is 2.32 bits per heavy atom. The summed E-state index contributed by atoms with van der Waals surface area (Å²) in [6, 6.07) is 5.98. The molecule has 0 fully saturated rings. The zero-order valence-electron chi connectivity index (χ0n) is 12.7. The predicted octanol–water partition coefficient (Wildman–Crippen LogP) is 3.69. The van der Waals surface area contributed by atoms with Gasteiger partial charge in [-0.25, -0.2) is 4.79 Å². The number of H-pyrrole nitrogens is 1. The Kier molecular flexibility index (Phi) is 3.79. The quantitative estimate of drug-likeness (QED) is 0.756. The zero-order valence-corrected chi connectivity index (χ0v) is 12.7. The van der Waals surface area contributed by atoms with E-state index in [9.17, 15) is 9.90 Å². The van der Waals surface area contributed by atoms with E-state index in [0.29, 0.717) is 6.54 Å². The maximum atomic E-state index is 11.2. The third-order valence-electron chi connectivity index (χ3n) is 4.46. The number of aromatic amines is 1. The van der Waals surface area contributed by atoms with E-state index >= 15 is 0 Å². The van der Waals surface area contributed by atoms with Gasteiger partial charge in [0, 0.05) is 40.9 Å². The number of aromatic nitrogens is 1. The molecule has 4 N–H and O–H groups in total. The molecule has 3 rings (SSSR count). The molecule has 0 spiro atoms. The molecule has 1 aromatic carbocycles. The van der Waals surface area contributed by atoms with Crippen molar-refractivity contribution in [2.75, 3.05) is 12.3 Å². The minimum atomic E-state index is -0.827. The second-order valence-electron chi connectivity index (χ2n) is 5.73. The third kappa shape index (κ3) is 2.54. The molecule has 1 aromatic heterocycles. The molecular weight excluding hydrogens is 278 g/mol. The highest BCUT2D eigenvalue weighted by molar-refractivity contribution is 5.94. The van der Waals surface area contributed by atoms with Gasteiger partial charge in [0.05, 0.1) is 0 Å². The minimum absolute atomic E-state index is 0.0899. The topological polar surface area (TPSA) is 82.4 Å². The molecule has 0 bridgehead atoms. The number of nitrogens with one attached hydrogen (secondary N) is 1. The number of nitrogen functional groups attached to an aromatic ring is 1. The van der Waals surface area contributed by atoms with Gasteiger partial charge in [0.1, 0.15) is 0 Å². The summed E-state index contributed by atoms with van der Waals surface area (Å²) in [5.74, 6) is 0. The summed E-state index contributed by atoms with van der Waals surface area (Å²) in [6.07, 6.45) is 5.91. The summed E-state index contributed by atoms with van der Waals surface area (Å²) in [5, 5.41) is 10.4. The highest BCUT2D eigenvalue weighted by atomic mass is 16.4. The molecule has 0 radical (unpaired) electrons. The van der Waals surface area contributed by atoms with Crippen LogP contribution < -0.4 is 5.73 Å². The van der Waals surface area contributed by atoms with Crippen molar-refractivity contribution in [2.24, 2.45) is 0 Å². The van der Waals surface area contributed by atoms with E-state index in [2.05, 4.69) is 11.1 Å². The van der Waals surface area contributed by atoms with Gasteiger partial charge in [0.25, 0.3) is 0 Å². The number of fused-ring (bicyclic) bond motifs is 1. The normalized spacial score (nSPS) is 18.2. The molecule has 1 heterocycles. The van der Waals surface area contributed by atoms with Crippen LogP contribution in [0.15, 0.2) is 30.5 Å². The monoisotopic (exact) mass is 299 g/mol. The lowest BCUT2D eigenvalue weighted by atomic mass is 9.90. The molecule has 1 aliphatic rings. The average molecular weight is 299 g/mol. The van der Waals surface area contributed by atoms with Gasteiger partial charge in [-0.1, -0.05) is 12.1 Å². The summed E-state index contributed by atoms with van der Waals surface area (Å²) in [7, 11) is 0. The molecule has 1 aliphatic carbocycles. The number of carbonyl (C=O) groups is 1. The lowest BCUT2D eigenvalue weighted by Gasteiger charge is -2.30. The summed E-state index contributed by atoms with van der Waals surface area (Å²) in [4.78, 5) is 16.0. The Morgan fingerprint density at radius 3 is 2.95 bits per heavy atom. The van der Waals surface area contributed by atoms with E-state index in [1.54, 1.807) is 0 Å². The molecule has 5 heteroatoms. The largest absolute Gasteiger partial charge is 0.465 e. The molecule has 0 saturated heterocycles. The third-order valence-corrected chi connectivity index (χ3v) is 4.46. The fourth-order valence-electron chi connectivity index (χ4n) is 3.31. The van der Waals surface area contributed by atoms with Crippen LogP contribution in [-0.2, 0) is 0 Å². The Morgan fingerprint density at radius 1 is 1.50 bits per heavy atom. The Bertz CT molecular complexity index is 733. The van der Waals surface area contributed by atoms with Gasteiger partial charge >= 0.3 is 6.09 Å². The lowest BCUT2D eigenvalue weighted by Crippen LogP contribution is -2.39. The first-order valence-electron chi connectivity index (χ1n) is 7.65. The predicted molar refractivity (Wildman–Crippen MR) is 88.7 cm³/mol.